The van der Waals surface area contributed by atoms with Crippen molar-refractivity contribution in [1.29, 1.82) is 0 Å². The zero-order chi connectivity index (χ0) is 16.7. The molecule has 0 radical (unpaired) electrons. The van der Waals surface area contributed by atoms with Gasteiger partial charge < -0.3 is 14.7 Å². The van der Waals surface area contributed by atoms with E-state index in [1.54, 1.807) is 12.1 Å². The molecule has 122 valence electrons. The van der Waals surface area contributed by atoms with Gasteiger partial charge in [0.1, 0.15) is 0 Å². The first-order valence-corrected chi connectivity index (χ1v) is 8.52. The predicted octanol–water partition coefficient (Wildman–Crippen LogP) is 2.95. The van der Waals surface area contributed by atoms with Crippen LogP contribution in [0.2, 0.25) is 0 Å². The normalized spacial score (nSPS) is 15.1. The van der Waals surface area contributed by atoms with E-state index in [4.69, 9.17) is 9.84 Å². The van der Waals surface area contributed by atoms with E-state index >= 15 is 0 Å². The minimum Gasteiger partial charge on any atom is -0.478 e. The van der Waals surface area contributed by atoms with Crippen LogP contribution in [0.1, 0.15) is 10.4 Å². The molecule has 5 nitrogen and oxygen atoms in total. The summed E-state index contributed by atoms with van der Waals surface area (Å²) in [6.45, 7) is 3.03. The summed E-state index contributed by atoms with van der Waals surface area (Å²) in [6.07, 6.45) is 0. The zero-order valence-corrected chi connectivity index (χ0v) is 13.6. The molecule has 2 heterocycles. The molecular weight excluding hydrogens is 326 g/mol. The Bertz CT molecular complexity index is 1000. The van der Waals surface area contributed by atoms with Crippen LogP contribution in [0.25, 0.3) is 20.2 Å². The highest BCUT2D eigenvalue weighted by Gasteiger charge is 2.14. The number of rotatable bonds is 2. The van der Waals surface area contributed by atoms with Crippen LogP contribution in [0.15, 0.2) is 41.2 Å². The first kappa shape index (κ1) is 15.1. The van der Waals surface area contributed by atoms with E-state index in [0.29, 0.717) is 28.7 Å². The van der Waals surface area contributed by atoms with Crippen LogP contribution in [-0.4, -0.2) is 37.4 Å². The van der Waals surface area contributed by atoms with Gasteiger partial charge in [-0.1, -0.05) is 0 Å². The Morgan fingerprint density at radius 1 is 1.04 bits per heavy atom. The van der Waals surface area contributed by atoms with Gasteiger partial charge in [0.25, 0.3) is 0 Å². The molecular formula is C18H15NO4S. The average Bonchev–Trinajstić information content (AvgIpc) is 2.62. The van der Waals surface area contributed by atoms with Crippen molar-refractivity contribution in [2.75, 3.05) is 31.2 Å². The number of hydrogen-bond donors (Lipinski definition) is 1. The molecule has 4 rings (SSSR count). The lowest BCUT2D eigenvalue weighted by Gasteiger charge is -2.29. The van der Waals surface area contributed by atoms with E-state index in [-0.39, 0.29) is 11.0 Å². The maximum atomic E-state index is 12.8. The van der Waals surface area contributed by atoms with E-state index in [1.807, 2.05) is 18.2 Å². The molecule has 2 aromatic carbocycles. The molecule has 0 spiro atoms. The van der Waals surface area contributed by atoms with Crippen LogP contribution in [0, 0.1) is 0 Å². The molecule has 1 aromatic heterocycles. The fourth-order valence-electron chi connectivity index (χ4n) is 2.99. The molecule has 6 heteroatoms. The molecule has 1 aliphatic rings. The topological polar surface area (TPSA) is 66.8 Å². The summed E-state index contributed by atoms with van der Waals surface area (Å²) in [5.74, 6) is -0.987. The Hall–Kier alpha value is -2.44. The minimum absolute atomic E-state index is 0.0502. The van der Waals surface area contributed by atoms with Crippen LogP contribution in [0.5, 0.6) is 0 Å². The molecule has 1 fully saturated rings. The van der Waals surface area contributed by atoms with Crippen molar-refractivity contribution >= 4 is 43.2 Å². The lowest BCUT2D eigenvalue weighted by Crippen LogP contribution is -2.36. The highest BCUT2D eigenvalue weighted by molar-refractivity contribution is 7.24. The molecule has 1 saturated heterocycles. The summed E-state index contributed by atoms with van der Waals surface area (Å²) in [5.41, 5.74) is 1.17. The maximum absolute atomic E-state index is 12.8. The van der Waals surface area contributed by atoms with E-state index < -0.39 is 5.97 Å². The van der Waals surface area contributed by atoms with Crippen molar-refractivity contribution in [3.05, 3.63) is 52.2 Å². The van der Waals surface area contributed by atoms with Gasteiger partial charge in [0.15, 0.2) is 5.43 Å². The Labute approximate surface area is 141 Å². The number of carbonyl (C=O) groups is 1. The summed E-state index contributed by atoms with van der Waals surface area (Å²) in [4.78, 5) is 26.2. The largest absolute Gasteiger partial charge is 0.478 e. The molecule has 0 saturated carbocycles. The van der Waals surface area contributed by atoms with Crippen molar-refractivity contribution in [2.24, 2.45) is 0 Å². The number of anilines is 1. The highest BCUT2D eigenvalue weighted by Crippen LogP contribution is 2.28. The van der Waals surface area contributed by atoms with Gasteiger partial charge in [-0.15, -0.1) is 11.3 Å². The number of hydrogen-bond acceptors (Lipinski definition) is 5. The second-order valence-electron chi connectivity index (χ2n) is 5.73. The average molecular weight is 341 g/mol. The molecule has 0 unspecified atom stereocenters. The molecule has 1 N–H and O–H groups in total. The van der Waals surface area contributed by atoms with E-state index in [2.05, 4.69) is 4.90 Å². The summed E-state index contributed by atoms with van der Waals surface area (Å²) in [7, 11) is 0. The van der Waals surface area contributed by atoms with Crippen molar-refractivity contribution in [2.45, 2.75) is 0 Å². The van der Waals surface area contributed by atoms with Crippen LogP contribution >= 0.6 is 11.3 Å². The fourth-order valence-corrected chi connectivity index (χ4v) is 4.08. The van der Waals surface area contributed by atoms with Crippen LogP contribution in [0.3, 0.4) is 0 Å². The van der Waals surface area contributed by atoms with E-state index in [0.717, 1.165) is 23.5 Å². The number of carboxylic acids is 1. The molecule has 0 amide bonds. The maximum Gasteiger partial charge on any atom is 0.335 e. The molecule has 0 bridgehead atoms. The highest BCUT2D eigenvalue weighted by atomic mass is 32.1. The van der Waals surface area contributed by atoms with Crippen molar-refractivity contribution in [3.63, 3.8) is 0 Å². The number of fused-ring (bicyclic) bond motifs is 2. The number of benzene rings is 2. The van der Waals surface area contributed by atoms with E-state index in [1.165, 1.54) is 17.4 Å². The van der Waals surface area contributed by atoms with Gasteiger partial charge in [-0.05, 0) is 36.4 Å². The van der Waals surface area contributed by atoms with Gasteiger partial charge in [-0.25, -0.2) is 4.79 Å². The first-order valence-electron chi connectivity index (χ1n) is 7.70. The molecule has 24 heavy (non-hydrogen) atoms. The van der Waals surface area contributed by atoms with Crippen LogP contribution in [-0.2, 0) is 4.74 Å². The quantitative estimate of drug-likeness (QED) is 0.726. The number of carboxylic acid groups (broad SMARTS) is 1. The van der Waals surface area contributed by atoms with E-state index in [9.17, 15) is 9.59 Å². The molecule has 1 aliphatic heterocycles. The monoisotopic (exact) mass is 341 g/mol. The number of ether oxygens (including phenoxy) is 1. The Morgan fingerprint density at radius 2 is 1.83 bits per heavy atom. The standard InChI is InChI=1S/C18H15NO4S/c20-17-13-3-1-11(18(21)22)9-16(13)24-15-4-2-12(10-14(15)17)19-5-7-23-8-6-19/h1-4,9-10H,5-8H2,(H,21,22). The predicted molar refractivity (Wildman–Crippen MR) is 95.6 cm³/mol. The van der Waals surface area contributed by atoms with Gasteiger partial charge in [-0.2, -0.15) is 0 Å². The van der Waals surface area contributed by atoms with Crippen LogP contribution in [0.4, 0.5) is 5.69 Å². The van der Waals surface area contributed by atoms with Gasteiger partial charge in [0, 0.05) is 38.9 Å². The van der Waals surface area contributed by atoms with Gasteiger partial charge in [0.2, 0.25) is 0 Å². The van der Waals surface area contributed by atoms with Crippen LogP contribution < -0.4 is 10.3 Å². The third kappa shape index (κ3) is 2.53. The van der Waals surface area contributed by atoms with Crippen molar-refractivity contribution in [3.8, 4) is 0 Å². The second kappa shape index (κ2) is 5.89. The van der Waals surface area contributed by atoms with Gasteiger partial charge >= 0.3 is 5.97 Å². The number of morpholine rings is 1. The van der Waals surface area contributed by atoms with Crippen molar-refractivity contribution < 1.29 is 14.6 Å². The van der Waals surface area contributed by atoms with Gasteiger partial charge in [-0.3, -0.25) is 4.79 Å². The number of aromatic carboxylic acids is 1. The van der Waals surface area contributed by atoms with Gasteiger partial charge in [0.05, 0.1) is 18.8 Å². The third-order valence-electron chi connectivity index (χ3n) is 4.28. The Kier molecular flexibility index (Phi) is 3.70. The fraction of sp³-hybridized carbons (Fsp3) is 0.222. The molecule has 0 atom stereocenters. The Balaban J connectivity index is 1.89. The summed E-state index contributed by atoms with van der Waals surface area (Å²) in [6, 6.07) is 10.5. The van der Waals surface area contributed by atoms with Crippen molar-refractivity contribution in [1.82, 2.24) is 0 Å². The second-order valence-corrected chi connectivity index (χ2v) is 6.81. The lowest BCUT2D eigenvalue weighted by atomic mass is 10.1. The number of nitrogens with zero attached hydrogens (tertiary/aromatic N) is 1. The summed E-state index contributed by atoms with van der Waals surface area (Å²) < 4.78 is 6.94. The SMILES string of the molecule is O=C(O)c1ccc2c(=O)c3cc(N4CCOCC4)ccc3sc2c1. The molecule has 0 aliphatic carbocycles. The summed E-state index contributed by atoms with van der Waals surface area (Å²) >= 11 is 1.45. The molecule has 3 aromatic rings. The zero-order valence-electron chi connectivity index (χ0n) is 12.8. The minimum atomic E-state index is -0.987. The first-order chi connectivity index (χ1) is 11.6. The third-order valence-corrected chi connectivity index (χ3v) is 5.41. The summed E-state index contributed by atoms with van der Waals surface area (Å²) in [5, 5.41) is 10.4. The Morgan fingerprint density at radius 3 is 2.58 bits per heavy atom. The lowest BCUT2D eigenvalue weighted by molar-refractivity contribution is 0.0697. The smallest absolute Gasteiger partial charge is 0.335 e.